The van der Waals surface area contributed by atoms with Gasteiger partial charge < -0.3 is 15.0 Å². The van der Waals surface area contributed by atoms with Crippen LogP contribution >= 0.6 is 0 Å². The van der Waals surface area contributed by atoms with Gasteiger partial charge in [0.25, 0.3) is 5.91 Å². The van der Waals surface area contributed by atoms with Crippen LogP contribution in [0.1, 0.15) is 25.8 Å². The SMILES string of the molecule is CCc1ccc(OCC(=O)N2CCNC(=O)C2CC)cc1. The van der Waals surface area contributed by atoms with E-state index in [1.165, 1.54) is 5.56 Å². The highest BCUT2D eigenvalue weighted by Gasteiger charge is 2.31. The van der Waals surface area contributed by atoms with Crippen molar-refractivity contribution in [1.82, 2.24) is 10.2 Å². The number of nitrogens with zero attached hydrogens (tertiary/aromatic N) is 1. The minimum atomic E-state index is -0.377. The number of hydrogen-bond donors (Lipinski definition) is 1. The topological polar surface area (TPSA) is 58.6 Å². The van der Waals surface area contributed by atoms with Gasteiger partial charge in [-0.3, -0.25) is 9.59 Å². The Balaban J connectivity index is 1.92. The highest BCUT2D eigenvalue weighted by atomic mass is 16.5. The molecule has 1 aromatic carbocycles. The van der Waals surface area contributed by atoms with Crippen LogP contribution in [0.3, 0.4) is 0 Å². The Hall–Kier alpha value is -2.04. The van der Waals surface area contributed by atoms with Gasteiger partial charge in [-0.15, -0.1) is 0 Å². The molecule has 2 amide bonds. The summed E-state index contributed by atoms with van der Waals surface area (Å²) in [5.74, 6) is 0.454. The molecule has 1 aliphatic rings. The molecule has 0 aliphatic carbocycles. The summed E-state index contributed by atoms with van der Waals surface area (Å²) in [6.45, 7) is 5.01. The lowest BCUT2D eigenvalue weighted by atomic mass is 10.1. The van der Waals surface area contributed by atoms with Crippen LogP contribution in [-0.4, -0.2) is 42.5 Å². The summed E-state index contributed by atoms with van der Waals surface area (Å²) in [6, 6.07) is 7.34. The molecule has 0 saturated carbocycles. The minimum absolute atomic E-state index is 0.0325. The summed E-state index contributed by atoms with van der Waals surface area (Å²) in [5.41, 5.74) is 1.23. The Morgan fingerprint density at radius 1 is 1.33 bits per heavy atom. The molecule has 1 atom stereocenters. The number of carbonyl (C=O) groups excluding carboxylic acids is 2. The smallest absolute Gasteiger partial charge is 0.261 e. The zero-order valence-corrected chi connectivity index (χ0v) is 12.6. The number of rotatable bonds is 5. The van der Waals surface area contributed by atoms with Gasteiger partial charge in [0.05, 0.1) is 0 Å². The Morgan fingerprint density at radius 2 is 2.05 bits per heavy atom. The highest BCUT2D eigenvalue weighted by Crippen LogP contribution is 2.14. The van der Waals surface area contributed by atoms with Crippen molar-refractivity contribution in [3.05, 3.63) is 29.8 Å². The molecule has 0 spiro atoms. The summed E-state index contributed by atoms with van der Waals surface area (Å²) in [5, 5.41) is 2.78. The predicted octanol–water partition coefficient (Wildman–Crippen LogP) is 1.36. The molecule has 114 valence electrons. The van der Waals surface area contributed by atoms with E-state index in [9.17, 15) is 9.59 Å². The second-order valence-electron chi connectivity index (χ2n) is 5.09. The summed E-state index contributed by atoms with van der Waals surface area (Å²) < 4.78 is 5.53. The van der Waals surface area contributed by atoms with Gasteiger partial charge in [0.2, 0.25) is 5.91 Å². The molecule has 1 fully saturated rings. The summed E-state index contributed by atoms with van der Waals surface area (Å²) >= 11 is 0. The highest BCUT2D eigenvalue weighted by molar-refractivity contribution is 5.89. The predicted molar refractivity (Wildman–Crippen MR) is 80.1 cm³/mol. The fourth-order valence-electron chi connectivity index (χ4n) is 2.47. The lowest BCUT2D eigenvalue weighted by Gasteiger charge is -2.34. The van der Waals surface area contributed by atoms with E-state index in [1.807, 2.05) is 31.2 Å². The molecule has 1 saturated heterocycles. The molecule has 0 aromatic heterocycles. The number of ether oxygens (including phenoxy) is 1. The maximum atomic E-state index is 12.2. The molecule has 1 N–H and O–H groups in total. The van der Waals surface area contributed by atoms with Gasteiger partial charge in [-0.05, 0) is 30.5 Å². The Morgan fingerprint density at radius 3 is 2.67 bits per heavy atom. The summed E-state index contributed by atoms with van der Waals surface area (Å²) in [6.07, 6.45) is 1.59. The van der Waals surface area contributed by atoms with E-state index in [0.29, 0.717) is 25.3 Å². The Kier molecular flexibility index (Phi) is 5.20. The molecule has 1 unspecified atom stereocenters. The monoisotopic (exact) mass is 290 g/mol. The molecule has 1 heterocycles. The molecule has 0 bridgehead atoms. The van der Waals surface area contributed by atoms with Gasteiger partial charge in [0.1, 0.15) is 11.8 Å². The van der Waals surface area contributed by atoms with Crippen LogP contribution < -0.4 is 10.1 Å². The largest absolute Gasteiger partial charge is 0.484 e. The van der Waals surface area contributed by atoms with Crippen molar-refractivity contribution in [3.8, 4) is 5.75 Å². The summed E-state index contributed by atoms with van der Waals surface area (Å²) in [7, 11) is 0. The van der Waals surface area contributed by atoms with Crippen LogP contribution in [0, 0.1) is 0 Å². The van der Waals surface area contributed by atoms with Gasteiger partial charge in [-0.1, -0.05) is 26.0 Å². The van der Waals surface area contributed by atoms with Crippen LogP contribution in [0.2, 0.25) is 0 Å². The first-order chi connectivity index (χ1) is 10.2. The van der Waals surface area contributed by atoms with Crippen molar-refractivity contribution in [3.63, 3.8) is 0 Å². The number of benzene rings is 1. The van der Waals surface area contributed by atoms with Crippen molar-refractivity contribution in [2.45, 2.75) is 32.7 Å². The van der Waals surface area contributed by atoms with E-state index in [2.05, 4.69) is 12.2 Å². The number of nitrogens with one attached hydrogen (secondary N) is 1. The van der Waals surface area contributed by atoms with Gasteiger partial charge in [0, 0.05) is 13.1 Å². The third-order valence-corrected chi connectivity index (χ3v) is 3.73. The molecule has 1 aromatic rings. The van der Waals surface area contributed by atoms with Crippen LogP contribution in [-0.2, 0) is 16.0 Å². The quantitative estimate of drug-likeness (QED) is 0.891. The van der Waals surface area contributed by atoms with Crippen molar-refractivity contribution < 1.29 is 14.3 Å². The minimum Gasteiger partial charge on any atom is -0.484 e. The molecule has 21 heavy (non-hydrogen) atoms. The third kappa shape index (κ3) is 3.74. The fraction of sp³-hybridized carbons (Fsp3) is 0.500. The first-order valence-electron chi connectivity index (χ1n) is 7.44. The van der Waals surface area contributed by atoms with Crippen molar-refractivity contribution in [2.24, 2.45) is 0 Å². The van der Waals surface area contributed by atoms with E-state index < -0.39 is 0 Å². The Labute approximate surface area is 125 Å². The zero-order valence-electron chi connectivity index (χ0n) is 12.6. The second-order valence-corrected chi connectivity index (χ2v) is 5.09. The van der Waals surface area contributed by atoms with Crippen LogP contribution in [0.25, 0.3) is 0 Å². The normalized spacial score (nSPS) is 18.3. The first kappa shape index (κ1) is 15.4. The molecular formula is C16H22N2O3. The molecule has 0 radical (unpaired) electrons. The van der Waals surface area contributed by atoms with Gasteiger partial charge in [-0.2, -0.15) is 0 Å². The number of aryl methyl sites for hydroxylation is 1. The van der Waals surface area contributed by atoms with Gasteiger partial charge in [0.15, 0.2) is 6.61 Å². The number of amides is 2. The molecule has 1 aliphatic heterocycles. The second kappa shape index (κ2) is 7.11. The number of hydrogen-bond acceptors (Lipinski definition) is 3. The molecular weight excluding hydrogens is 268 g/mol. The molecule has 2 rings (SSSR count). The molecule has 5 heteroatoms. The lowest BCUT2D eigenvalue weighted by Crippen LogP contribution is -2.57. The standard InChI is InChI=1S/C16H22N2O3/c1-3-12-5-7-13(8-6-12)21-11-15(19)18-10-9-17-16(20)14(18)4-2/h5-8,14H,3-4,9-11H2,1-2H3,(H,17,20). The van der Waals surface area contributed by atoms with E-state index in [1.54, 1.807) is 4.90 Å². The number of carbonyl (C=O) groups is 2. The van der Waals surface area contributed by atoms with E-state index in [-0.39, 0.29) is 24.5 Å². The molecule has 5 nitrogen and oxygen atoms in total. The van der Waals surface area contributed by atoms with E-state index >= 15 is 0 Å². The number of piperazine rings is 1. The zero-order chi connectivity index (χ0) is 15.2. The fourth-order valence-corrected chi connectivity index (χ4v) is 2.47. The van der Waals surface area contributed by atoms with Crippen molar-refractivity contribution in [2.75, 3.05) is 19.7 Å². The van der Waals surface area contributed by atoms with Crippen molar-refractivity contribution in [1.29, 1.82) is 0 Å². The van der Waals surface area contributed by atoms with Crippen LogP contribution in [0.15, 0.2) is 24.3 Å². The average Bonchev–Trinajstić information content (AvgIpc) is 2.52. The van der Waals surface area contributed by atoms with Crippen LogP contribution in [0.5, 0.6) is 5.75 Å². The van der Waals surface area contributed by atoms with E-state index in [0.717, 1.165) is 6.42 Å². The van der Waals surface area contributed by atoms with Crippen LogP contribution in [0.4, 0.5) is 0 Å². The summed E-state index contributed by atoms with van der Waals surface area (Å²) in [4.78, 5) is 25.6. The van der Waals surface area contributed by atoms with E-state index in [4.69, 9.17) is 4.74 Å². The maximum absolute atomic E-state index is 12.2. The lowest BCUT2D eigenvalue weighted by molar-refractivity contribution is -0.144. The maximum Gasteiger partial charge on any atom is 0.261 e. The van der Waals surface area contributed by atoms with Gasteiger partial charge >= 0.3 is 0 Å². The third-order valence-electron chi connectivity index (χ3n) is 3.73. The van der Waals surface area contributed by atoms with Crippen molar-refractivity contribution >= 4 is 11.8 Å². The Bertz CT molecular complexity index is 499. The van der Waals surface area contributed by atoms with Gasteiger partial charge in [-0.25, -0.2) is 0 Å². The first-order valence-corrected chi connectivity index (χ1v) is 7.44. The average molecular weight is 290 g/mol.